The van der Waals surface area contributed by atoms with Gasteiger partial charge in [0.05, 0.1) is 5.56 Å². The number of nitrogens with zero attached hydrogens (tertiary/aromatic N) is 1. The van der Waals surface area contributed by atoms with Crippen molar-refractivity contribution in [2.45, 2.75) is 6.42 Å². The number of hydrogen-bond acceptors (Lipinski definition) is 2. The van der Waals surface area contributed by atoms with Crippen LogP contribution in [-0.2, 0) is 6.42 Å². The van der Waals surface area contributed by atoms with Crippen LogP contribution in [0.3, 0.4) is 0 Å². The standard InChI is InChI=1S/C24H20F2N4O/c25-17-6-5-7-18(14-17)29-24(30-23(31)20-9-1-3-10-21(20)26)27-13-12-16-15-28-22-11-4-2-8-19(16)22/h1-11,14-15,28H,12-13H2,(H2,27,29,30,31). The maximum absolute atomic E-state index is 14.0. The van der Waals surface area contributed by atoms with E-state index in [0.717, 1.165) is 16.5 Å². The monoisotopic (exact) mass is 418 g/mol. The third kappa shape index (κ3) is 4.95. The molecule has 0 unspecified atom stereocenters. The van der Waals surface area contributed by atoms with Gasteiger partial charge in [0.25, 0.3) is 5.91 Å². The number of anilines is 1. The Morgan fingerprint density at radius 3 is 2.61 bits per heavy atom. The van der Waals surface area contributed by atoms with Gasteiger partial charge in [0.15, 0.2) is 0 Å². The molecule has 4 aromatic rings. The number of halogens is 2. The average Bonchev–Trinajstić information content (AvgIpc) is 3.17. The van der Waals surface area contributed by atoms with E-state index in [0.29, 0.717) is 18.7 Å². The molecular formula is C24H20F2N4O. The van der Waals surface area contributed by atoms with Crippen LogP contribution in [0.25, 0.3) is 10.9 Å². The minimum absolute atomic E-state index is 0.104. The summed E-state index contributed by atoms with van der Waals surface area (Å²) in [6, 6.07) is 19.4. The zero-order chi connectivity index (χ0) is 21.6. The summed E-state index contributed by atoms with van der Waals surface area (Å²) in [6.07, 6.45) is 2.55. The van der Waals surface area contributed by atoms with Gasteiger partial charge in [-0.2, -0.15) is 0 Å². The number of fused-ring (bicyclic) bond motifs is 1. The molecule has 0 spiro atoms. The van der Waals surface area contributed by atoms with E-state index < -0.39 is 17.5 Å². The average molecular weight is 418 g/mol. The van der Waals surface area contributed by atoms with Crippen molar-refractivity contribution in [2.75, 3.05) is 11.9 Å². The van der Waals surface area contributed by atoms with Gasteiger partial charge in [-0.15, -0.1) is 0 Å². The van der Waals surface area contributed by atoms with E-state index in [1.807, 2.05) is 30.5 Å². The highest BCUT2D eigenvalue weighted by Crippen LogP contribution is 2.18. The lowest BCUT2D eigenvalue weighted by Gasteiger charge is -2.12. The van der Waals surface area contributed by atoms with Crippen molar-refractivity contribution in [3.63, 3.8) is 0 Å². The molecule has 0 aliphatic rings. The number of amides is 1. The number of nitrogens with one attached hydrogen (secondary N) is 3. The number of carbonyl (C=O) groups excluding carboxylic acids is 1. The third-order valence-corrected chi connectivity index (χ3v) is 4.76. The number of para-hydroxylation sites is 1. The topological polar surface area (TPSA) is 69.3 Å². The molecule has 4 rings (SSSR count). The molecule has 0 atom stereocenters. The molecule has 7 heteroatoms. The molecule has 5 nitrogen and oxygen atoms in total. The predicted molar refractivity (Wildman–Crippen MR) is 118 cm³/mol. The summed E-state index contributed by atoms with van der Waals surface area (Å²) in [4.78, 5) is 20.2. The van der Waals surface area contributed by atoms with Crippen LogP contribution >= 0.6 is 0 Å². The molecule has 3 N–H and O–H groups in total. The molecule has 0 aliphatic heterocycles. The van der Waals surface area contributed by atoms with Crippen LogP contribution in [-0.4, -0.2) is 23.4 Å². The van der Waals surface area contributed by atoms with Gasteiger partial charge in [0.2, 0.25) is 5.96 Å². The molecule has 31 heavy (non-hydrogen) atoms. The first-order chi connectivity index (χ1) is 15.1. The Balaban J connectivity index is 1.53. The lowest BCUT2D eigenvalue weighted by atomic mass is 10.1. The molecular weight excluding hydrogens is 398 g/mol. The van der Waals surface area contributed by atoms with Gasteiger partial charge >= 0.3 is 0 Å². The van der Waals surface area contributed by atoms with E-state index >= 15 is 0 Å². The lowest BCUT2D eigenvalue weighted by Crippen LogP contribution is -2.36. The second kappa shape index (κ2) is 9.21. The summed E-state index contributed by atoms with van der Waals surface area (Å²) in [5.41, 5.74) is 2.44. The van der Waals surface area contributed by atoms with Crippen molar-refractivity contribution < 1.29 is 13.6 Å². The van der Waals surface area contributed by atoms with Crippen molar-refractivity contribution in [2.24, 2.45) is 4.99 Å². The van der Waals surface area contributed by atoms with E-state index in [-0.39, 0.29) is 11.5 Å². The Kier molecular flexibility index (Phi) is 6.03. The van der Waals surface area contributed by atoms with Crippen LogP contribution in [0.5, 0.6) is 0 Å². The minimum Gasteiger partial charge on any atom is -0.361 e. The number of hydrogen-bond donors (Lipinski definition) is 3. The van der Waals surface area contributed by atoms with Crippen LogP contribution in [0.1, 0.15) is 15.9 Å². The van der Waals surface area contributed by atoms with Crippen LogP contribution in [0.2, 0.25) is 0 Å². The van der Waals surface area contributed by atoms with E-state index in [2.05, 4.69) is 20.6 Å². The van der Waals surface area contributed by atoms with Gasteiger partial charge < -0.3 is 10.3 Å². The lowest BCUT2D eigenvalue weighted by molar-refractivity contribution is 0.0973. The molecule has 1 heterocycles. The number of H-pyrrole nitrogens is 1. The zero-order valence-electron chi connectivity index (χ0n) is 16.5. The maximum Gasteiger partial charge on any atom is 0.260 e. The van der Waals surface area contributed by atoms with Gasteiger partial charge in [0.1, 0.15) is 11.6 Å². The number of aliphatic imine (C=N–C) groups is 1. The summed E-state index contributed by atoms with van der Waals surface area (Å²) in [5.74, 6) is -1.60. The molecule has 0 aliphatic carbocycles. The molecule has 0 bridgehead atoms. The number of aromatic amines is 1. The van der Waals surface area contributed by atoms with Crippen molar-refractivity contribution in [1.82, 2.24) is 10.3 Å². The Morgan fingerprint density at radius 1 is 0.968 bits per heavy atom. The smallest absolute Gasteiger partial charge is 0.260 e. The molecule has 0 saturated carbocycles. The number of rotatable bonds is 5. The molecule has 0 fully saturated rings. The van der Waals surface area contributed by atoms with Crippen LogP contribution in [0.4, 0.5) is 14.5 Å². The molecule has 1 amide bonds. The summed E-state index contributed by atoms with van der Waals surface area (Å²) in [6.45, 7) is 0.358. The Labute approximate surface area is 177 Å². The first kappa shape index (κ1) is 20.3. The SMILES string of the molecule is O=C(NC(=NCCc1c[nH]c2ccccc12)Nc1cccc(F)c1)c1ccccc1F. The zero-order valence-corrected chi connectivity index (χ0v) is 16.5. The summed E-state index contributed by atoms with van der Waals surface area (Å²) < 4.78 is 27.5. The first-order valence-electron chi connectivity index (χ1n) is 9.78. The normalized spacial score (nSPS) is 11.5. The quantitative estimate of drug-likeness (QED) is 0.319. The van der Waals surface area contributed by atoms with Crippen molar-refractivity contribution in [3.05, 3.63) is 102 Å². The fourth-order valence-electron chi connectivity index (χ4n) is 3.26. The maximum atomic E-state index is 14.0. The van der Waals surface area contributed by atoms with Crippen molar-refractivity contribution >= 4 is 28.5 Å². The molecule has 0 saturated heterocycles. The number of aromatic nitrogens is 1. The number of benzene rings is 3. The van der Waals surface area contributed by atoms with Gasteiger partial charge in [-0.05, 0) is 48.4 Å². The highest BCUT2D eigenvalue weighted by molar-refractivity contribution is 6.10. The number of guanidine groups is 1. The van der Waals surface area contributed by atoms with Crippen molar-refractivity contribution in [3.8, 4) is 0 Å². The Bertz CT molecular complexity index is 1250. The first-order valence-corrected chi connectivity index (χ1v) is 9.78. The second-order valence-electron chi connectivity index (χ2n) is 6.91. The largest absolute Gasteiger partial charge is 0.361 e. The highest BCUT2D eigenvalue weighted by Gasteiger charge is 2.13. The summed E-state index contributed by atoms with van der Waals surface area (Å²) in [5, 5.41) is 6.60. The van der Waals surface area contributed by atoms with Crippen LogP contribution in [0, 0.1) is 11.6 Å². The van der Waals surface area contributed by atoms with Gasteiger partial charge in [-0.1, -0.05) is 36.4 Å². The predicted octanol–water partition coefficient (Wildman–Crippen LogP) is 4.89. The minimum atomic E-state index is -0.646. The Hall–Kier alpha value is -4.00. The molecule has 0 radical (unpaired) electrons. The number of carbonyl (C=O) groups is 1. The molecule has 1 aromatic heterocycles. The fraction of sp³-hybridized carbons (Fsp3) is 0.0833. The van der Waals surface area contributed by atoms with Crippen LogP contribution < -0.4 is 10.6 Å². The molecule has 3 aromatic carbocycles. The highest BCUT2D eigenvalue weighted by atomic mass is 19.1. The summed E-state index contributed by atoms with van der Waals surface area (Å²) >= 11 is 0. The van der Waals surface area contributed by atoms with Gasteiger partial charge in [-0.3, -0.25) is 15.1 Å². The van der Waals surface area contributed by atoms with E-state index in [1.165, 1.54) is 30.3 Å². The second-order valence-corrected chi connectivity index (χ2v) is 6.91. The van der Waals surface area contributed by atoms with E-state index in [9.17, 15) is 13.6 Å². The Morgan fingerprint density at radius 2 is 1.77 bits per heavy atom. The fourth-order valence-corrected chi connectivity index (χ4v) is 3.26. The molecule has 156 valence electrons. The van der Waals surface area contributed by atoms with Gasteiger partial charge in [-0.25, -0.2) is 8.78 Å². The van der Waals surface area contributed by atoms with Crippen molar-refractivity contribution in [1.29, 1.82) is 0 Å². The van der Waals surface area contributed by atoms with Gasteiger partial charge in [0, 0.05) is 29.3 Å². The summed E-state index contributed by atoms with van der Waals surface area (Å²) in [7, 11) is 0. The third-order valence-electron chi connectivity index (χ3n) is 4.76. The van der Waals surface area contributed by atoms with Crippen LogP contribution in [0.15, 0.2) is 84.0 Å². The van der Waals surface area contributed by atoms with E-state index in [1.54, 1.807) is 18.2 Å². The van der Waals surface area contributed by atoms with E-state index in [4.69, 9.17) is 0 Å².